The second-order valence-electron chi connectivity index (χ2n) is 4.68. The summed E-state index contributed by atoms with van der Waals surface area (Å²) in [4.78, 5) is 15.7. The van der Waals surface area contributed by atoms with Crippen molar-refractivity contribution in [3.05, 3.63) is 29.0 Å². The number of hydrogen-bond acceptors (Lipinski definition) is 3. The summed E-state index contributed by atoms with van der Waals surface area (Å²) < 4.78 is 0. The molecule has 0 unspecified atom stereocenters. The van der Waals surface area contributed by atoms with E-state index in [9.17, 15) is 4.79 Å². The lowest BCUT2D eigenvalue weighted by Crippen LogP contribution is -2.34. The van der Waals surface area contributed by atoms with Gasteiger partial charge >= 0.3 is 0 Å². The maximum atomic E-state index is 11.8. The van der Waals surface area contributed by atoms with Gasteiger partial charge in [-0.15, -0.1) is 0 Å². The van der Waals surface area contributed by atoms with E-state index in [1.807, 2.05) is 13.8 Å². The zero-order valence-electron chi connectivity index (χ0n) is 10.0. The van der Waals surface area contributed by atoms with Gasteiger partial charge in [0.1, 0.15) is 0 Å². The zero-order chi connectivity index (χ0) is 12.9. The number of aliphatic hydroxyl groups is 1. The van der Waals surface area contributed by atoms with E-state index in [4.69, 9.17) is 16.7 Å². The first-order valence-electron chi connectivity index (χ1n) is 5.45. The van der Waals surface area contributed by atoms with Crippen molar-refractivity contribution in [2.45, 2.75) is 20.3 Å². The van der Waals surface area contributed by atoms with Gasteiger partial charge in [-0.3, -0.25) is 9.78 Å². The zero-order valence-corrected chi connectivity index (χ0v) is 10.8. The Morgan fingerprint density at radius 1 is 1.59 bits per heavy atom. The van der Waals surface area contributed by atoms with Crippen molar-refractivity contribution in [3.63, 3.8) is 0 Å². The molecule has 0 radical (unpaired) electrons. The van der Waals surface area contributed by atoms with E-state index < -0.39 is 0 Å². The summed E-state index contributed by atoms with van der Waals surface area (Å²) in [6, 6.07) is 1.58. The molecule has 0 aliphatic rings. The van der Waals surface area contributed by atoms with Crippen LogP contribution in [-0.2, 0) is 0 Å². The van der Waals surface area contributed by atoms with Gasteiger partial charge < -0.3 is 10.4 Å². The Morgan fingerprint density at radius 3 is 2.88 bits per heavy atom. The van der Waals surface area contributed by atoms with Crippen molar-refractivity contribution in [2.75, 3.05) is 13.2 Å². The van der Waals surface area contributed by atoms with Crippen molar-refractivity contribution >= 4 is 17.5 Å². The third-order valence-corrected chi connectivity index (χ3v) is 2.83. The van der Waals surface area contributed by atoms with E-state index in [2.05, 4.69) is 10.3 Å². The molecule has 94 valence electrons. The fraction of sp³-hybridized carbons (Fsp3) is 0.500. The quantitative estimate of drug-likeness (QED) is 0.846. The molecule has 17 heavy (non-hydrogen) atoms. The molecular formula is C12H17ClN2O2. The molecular weight excluding hydrogens is 240 g/mol. The molecule has 4 nitrogen and oxygen atoms in total. The minimum atomic E-state index is -0.219. The molecule has 0 spiro atoms. The largest absolute Gasteiger partial charge is 0.396 e. The van der Waals surface area contributed by atoms with Crippen molar-refractivity contribution in [2.24, 2.45) is 5.41 Å². The predicted octanol–water partition coefficient (Wildman–Crippen LogP) is 1.87. The Bertz CT molecular complexity index is 394. The molecule has 0 bridgehead atoms. The average Bonchev–Trinajstić information content (AvgIpc) is 2.27. The van der Waals surface area contributed by atoms with Crippen LogP contribution in [-0.4, -0.2) is 29.1 Å². The second-order valence-corrected chi connectivity index (χ2v) is 5.08. The smallest absolute Gasteiger partial charge is 0.252 e. The number of halogens is 1. The van der Waals surface area contributed by atoms with Gasteiger partial charge in [0.25, 0.3) is 5.91 Å². The van der Waals surface area contributed by atoms with Crippen LogP contribution in [0.1, 0.15) is 30.6 Å². The topological polar surface area (TPSA) is 62.2 Å². The van der Waals surface area contributed by atoms with Crippen LogP contribution in [0.3, 0.4) is 0 Å². The molecule has 0 aromatic carbocycles. The number of amides is 1. The summed E-state index contributed by atoms with van der Waals surface area (Å²) >= 11 is 5.87. The van der Waals surface area contributed by atoms with Crippen LogP contribution in [0, 0.1) is 5.41 Å². The van der Waals surface area contributed by atoms with Gasteiger partial charge in [0, 0.05) is 25.5 Å². The summed E-state index contributed by atoms with van der Waals surface area (Å²) in [7, 11) is 0. The molecule has 1 amide bonds. The Labute approximate surface area is 106 Å². The van der Waals surface area contributed by atoms with E-state index in [1.165, 1.54) is 12.4 Å². The molecule has 0 fully saturated rings. The van der Waals surface area contributed by atoms with Crippen LogP contribution in [0.2, 0.25) is 5.02 Å². The maximum Gasteiger partial charge on any atom is 0.252 e. The average molecular weight is 257 g/mol. The number of pyridine rings is 1. The predicted molar refractivity (Wildman–Crippen MR) is 67.1 cm³/mol. The number of aliphatic hydroxyl groups excluding tert-OH is 1. The van der Waals surface area contributed by atoms with Crippen molar-refractivity contribution in [1.82, 2.24) is 10.3 Å². The van der Waals surface area contributed by atoms with Gasteiger partial charge in [0.15, 0.2) is 0 Å². The number of nitrogens with one attached hydrogen (secondary N) is 1. The molecule has 0 aliphatic heterocycles. The SMILES string of the molecule is CC(C)(CCO)CNC(=O)c1ccncc1Cl. The van der Waals surface area contributed by atoms with E-state index in [-0.39, 0.29) is 17.9 Å². The fourth-order valence-corrected chi connectivity index (χ4v) is 1.57. The lowest BCUT2D eigenvalue weighted by atomic mass is 9.89. The summed E-state index contributed by atoms with van der Waals surface area (Å²) in [6.45, 7) is 4.57. The third kappa shape index (κ3) is 4.32. The molecule has 1 aromatic heterocycles. The Morgan fingerprint density at radius 2 is 2.29 bits per heavy atom. The molecule has 5 heteroatoms. The van der Waals surface area contributed by atoms with Crippen LogP contribution in [0.4, 0.5) is 0 Å². The van der Waals surface area contributed by atoms with Gasteiger partial charge in [-0.05, 0) is 17.9 Å². The Balaban J connectivity index is 2.59. The maximum absolute atomic E-state index is 11.8. The van der Waals surface area contributed by atoms with Crippen LogP contribution >= 0.6 is 11.6 Å². The molecule has 0 saturated carbocycles. The minimum absolute atomic E-state index is 0.110. The standard InChI is InChI=1S/C12H17ClN2O2/c1-12(2,4-6-16)8-15-11(17)9-3-5-14-7-10(9)13/h3,5,7,16H,4,6,8H2,1-2H3,(H,15,17). The number of carbonyl (C=O) groups excluding carboxylic acids is 1. The van der Waals surface area contributed by atoms with Gasteiger partial charge in [0.2, 0.25) is 0 Å². The fourth-order valence-electron chi connectivity index (χ4n) is 1.37. The summed E-state index contributed by atoms with van der Waals surface area (Å²) in [5.41, 5.74) is 0.283. The lowest BCUT2D eigenvalue weighted by molar-refractivity contribution is 0.0928. The van der Waals surface area contributed by atoms with Crippen LogP contribution in [0.25, 0.3) is 0 Å². The number of aromatic nitrogens is 1. The normalized spacial score (nSPS) is 11.3. The van der Waals surface area contributed by atoms with E-state index >= 15 is 0 Å². The highest BCUT2D eigenvalue weighted by atomic mass is 35.5. The second kappa shape index (κ2) is 5.98. The summed E-state index contributed by atoms with van der Waals surface area (Å²) in [6.07, 6.45) is 3.60. The van der Waals surface area contributed by atoms with Crippen molar-refractivity contribution < 1.29 is 9.90 Å². The summed E-state index contributed by atoms with van der Waals surface area (Å²) in [5.74, 6) is -0.219. The molecule has 1 heterocycles. The first-order valence-corrected chi connectivity index (χ1v) is 5.83. The molecule has 0 aliphatic carbocycles. The highest BCUT2D eigenvalue weighted by molar-refractivity contribution is 6.33. The van der Waals surface area contributed by atoms with E-state index in [0.29, 0.717) is 23.6 Å². The highest BCUT2D eigenvalue weighted by Gasteiger charge is 2.19. The van der Waals surface area contributed by atoms with Crippen LogP contribution < -0.4 is 5.32 Å². The number of rotatable bonds is 5. The van der Waals surface area contributed by atoms with Crippen LogP contribution in [0.15, 0.2) is 18.5 Å². The van der Waals surface area contributed by atoms with Gasteiger partial charge in [-0.1, -0.05) is 25.4 Å². The first kappa shape index (κ1) is 13.9. The van der Waals surface area contributed by atoms with Gasteiger partial charge in [-0.25, -0.2) is 0 Å². The van der Waals surface area contributed by atoms with Gasteiger partial charge in [0.05, 0.1) is 10.6 Å². The lowest BCUT2D eigenvalue weighted by Gasteiger charge is -2.23. The number of carbonyl (C=O) groups is 1. The van der Waals surface area contributed by atoms with Crippen LogP contribution in [0.5, 0.6) is 0 Å². The summed E-state index contributed by atoms with van der Waals surface area (Å²) in [5, 5.41) is 12.0. The first-order chi connectivity index (χ1) is 7.96. The molecule has 0 atom stereocenters. The monoisotopic (exact) mass is 256 g/mol. The Kier molecular flexibility index (Phi) is 4.90. The molecule has 1 aromatic rings. The molecule has 2 N–H and O–H groups in total. The third-order valence-electron chi connectivity index (χ3n) is 2.53. The minimum Gasteiger partial charge on any atom is -0.396 e. The van der Waals surface area contributed by atoms with Gasteiger partial charge in [-0.2, -0.15) is 0 Å². The van der Waals surface area contributed by atoms with Crippen molar-refractivity contribution in [1.29, 1.82) is 0 Å². The van der Waals surface area contributed by atoms with E-state index in [1.54, 1.807) is 6.07 Å². The number of hydrogen-bond donors (Lipinski definition) is 2. The Hall–Kier alpha value is -1.13. The highest BCUT2D eigenvalue weighted by Crippen LogP contribution is 2.19. The number of nitrogens with zero attached hydrogens (tertiary/aromatic N) is 1. The van der Waals surface area contributed by atoms with Crippen molar-refractivity contribution in [3.8, 4) is 0 Å². The molecule has 1 rings (SSSR count). The van der Waals surface area contributed by atoms with E-state index in [0.717, 1.165) is 0 Å². The molecule has 0 saturated heterocycles.